The normalized spacial score (nSPS) is 20.1. The molecule has 0 aliphatic carbocycles. The molecule has 2 saturated heterocycles. The van der Waals surface area contributed by atoms with Crippen LogP contribution >= 0.6 is 0 Å². The Morgan fingerprint density at radius 3 is 2.51 bits per heavy atom. The highest BCUT2D eigenvalue weighted by molar-refractivity contribution is 6.03. The number of rotatable bonds is 6. The molecule has 5 N–H and O–H groups in total. The monoisotopic (exact) mass is 508 g/mol. The number of carbonyl (C=O) groups is 1. The van der Waals surface area contributed by atoms with Crippen LogP contribution in [0.25, 0.3) is 0 Å². The number of carbonyl (C=O) groups excluding carboxylic acids is 1. The molecule has 1 atom stereocenters. The van der Waals surface area contributed by atoms with Crippen LogP contribution in [0.1, 0.15) is 77.0 Å². The highest BCUT2D eigenvalue weighted by atomic mass is 16.6. The first-order valence-corrected chi connectivity index (χ1v) is 13.2. The van der Waals surface area contributed by atoms with Gasteiger partial charge in [-0.3, -0.25) is 4.79 Å². The number of amides is 1. The lowest BCUT2D eigenvalue weighted by molar-refractivity contribution is 0.0176. The lowest BCUT2D eigenvalue weighted by Crippen LogP contribution is -2.51. The van der Waals surface area contributed by atoms with Gasteiger partial charge in [-0.2, -0.15) is 0 Å². The van der Waals surface area contributed by atoms with Crippen molar-refractivity contribution in [1.29, 1.82) is 0 Å². The summed E-state index contributed by atoms with van der Waals surface area (Å²) in [4.78, 5) is 34.5. The molecule has 3 heterocycles. The summed E-state index contributed by atoms with van der Waals surface area (Å²) in [5, 5.41) is 7.10. The maximum Gasteiger partial charge on any atom is 0.410 e. The van der Waals surface area contributed by atoms with Crippen LogP contribution in [0, 0.1) is 0 Å². The zero-order valence-corrected chi connectivity index (χ0v) is 22.4. The number of piperidine rings is 1. The predicted octanol–water partition coefficient (Wildman–Crippen LogP) is 4.43. The van der Waals surface area contributed by atoms with Gasteiger partial charge in [0.15, 0.2) is 0 Å². The first kappa shape index (κ1) is 26.7. The standard InChI is InChI=1S/C28H40N6O3/c1-5-28(13-17-34(18-14-28)26(36)37-27(2,3)4)33-22-12-16-31-25(35)23(22)24(29)32-20-10-8-19(9-11-20)21-7-6-15-30-21/h8-12,16,21,30H,5-7,13-15,17-18H2,1-4H3,(H2,29,32)(H2,31,33,35). The number of aliphatic imine (C=N–C) groups is 1. The third-order valence-electron chi connectivity index (χ3n) is 7.27. The molecule has 1 unspecified atom stereocenters. The number of likely N-dealkylation sites (tertiary alicyclic amines) is 1. The molecule has 2 fully saturated rings. The van der Waals surface area contributed by atoms with Gasteiger partial charge in [-0.25, -0.2) is 9.79 Å². The van der Waals surface area contributed by atoms with E-state index in [4.69, 9.17) is 10.5 Å². The number of ether oxygens (including phenoxy) is 1. The second kappa shape index (κ2) is 11.0. The van der Waals surface area contributed by atoms with Crippen molar-refractivity contribution in [2.45, 2.75) is 77.0 Å². The second-order valence-electron chi connectivity index (χ2n) is 11.1. The fraction of sp³-hybridized carbons (Fsp3) is 0.536. The highest BCUT2D eigenvalue weighted by Gasteiger charge is 2.36. The third-order valence-corrected chi connectivity index (χ3v) is 7.27. The predicted molar refractivity (Wildman–Crippen MR) is 148 cm³/mol. The number of hydrogen-bond donors (Lipinski definition) is 4. The number of nitrogens with zero attached hydrogens (tertiary/aromatic N) is 2. The summed E-state index contributed by atoms with van der Waals surface area (Å²) in [5.74, 6) is 0.161. The lowest BCUT2D eigenvalue weighted by Gasteiger charge is -2.43. The molecule has 200 valence electrons. The minimum absolute atomic E-state index is 0.161. The molecule has 4 rings (SSSR count). The van der Waals surface area contributed by atoms with Crippen LogP contribution < -0.4 is 21.9 Å². The Labute approximate surface area is 218 Å². The van der Waals surface area contributed by atoms with E-state index in [-0.39, 0.29) is 23.0 Å². The molecular weight excluding hydrogens is 468 g/mol. The van der Waals surface area contributed by atoms with Gasteiger partial charge >= 0.3 is 6.09 Å². The zero-order valence-electron chi connectivity index (χ0n) is 22.4. The summed E-state index contributed by atoms with van der Waals surface area (Å²) in [5.41, 5.74) is 8.20. The molecule has 0 radical (unpaired) electrons. The maximum absolute atomic E-state index is 12.9. The van der Waals surface area contributed by atoms with Crippen molar-refractivity contribution in [3.8, 4) is 0 Å². The number of benzene rings is 1. The fourth-order valence-electron chi connectivity index (χ4n) is 5.08. The number of aromatic amines is 1. The van der Waals surface area contributed by atoms with Crippen LogP contribution in [0.3, 0.4) is 0 Å². The Morgan fingerprint density at radius 1 is 1.22 bits per heavy atom. The zero-order chi connectivity index (χ0) is 26.6. The minimum Gasteiger partial charge on any atom is -0.444 e. The summed E-state index contributed by atoms with van der Waals surface area (Å²) in [6, 6.07) is 10.2. The average molecular weight is 509 g/mol. The summed E-state index contributed by atoms with van der Waals surface area (Å²) >= 11 is 0. The van der Waals surface area contributed by atoms with E-state index in [0.29, 0.717) is 36.1 Å². The first-order valence-electron chi connectivity index (χ1n) is 13.2. The van der Waals surface area contributed by atoms with E-state index in [2.05, 4.69) is 39.7 Å². The third kappa shape index (κ3) is 6.52. The van der Waals surface area contributed by atoms with Gasteiger partial charge in [0.05, 0.1) is 11.4 Å². The number of pyridine rings is 1. The topological polar surface area (TPSA) is 125 Å². The molecule has 2 aliphatic heterocycles. The minimum atomic E-state index is -0.529. The summed E-state index contributed by atoms with van der Waals surface area (Å²) < 4.78 is 5.54. The molecule has 2 aliphatic rings. The molecule has 1 amide bonds. The van der Waals surface area contributed by atoms with Gasteiger partial charge in [-0.1, -0.05) is 19.1 Å². The smallest absolute Gasteiger partial charge is 0.410 e. The quantitative estimate of drug-likeness (QED) is 0.338. The van der Waals surface area contributed by atoms with Crippen molar-refractivity contribution in [3.63, 3.8) is 0 Å². The molecule has 0 spiro atoms. The molecule has 0 bridgehead atoms. The van der Waals surface area contributed by atoms with Crippen LogP contribution in [0.5, 0.6) is 0 Å². The van der Waals surface area contributed by atoms with E-state index in [1.807, 2.05) is 39.0 Å². The van der Waals surface area contributed by atoms with Crippen LogP contribution in [0.2, 0.25) is 0 Å². The van der Waals surface area contributed by atoms with Crippen LogP contribution in [-0.2, 0) is 4.74 Å². The van der Waals surface area contributed by atoms with E-state index in [9.17, 15) is 9.59 Å². The number of nitrogens with one attached hydrogen (secondary N) is 3. The number of anilines is 1. The fourth-order valence-corrected chi connectivity index (χ4v) is 5.08. The Bertz CT molecular complexity index is 1170. The first-order chi connectivity index (χ1) is 17.6. The molecule has 9 nitrogen and oxygen atoms in total. The van der Waals surface area contributed by atoms with Crippen LogP contribution in [0.15, 0.2) is 46.3 Å². The number of amidine groups is 1. The largest absolute Gasteiger partial charge is 0.444 e. The van der Waals surface area contributed by atoms with Gasteiger partial charge in [0.2, 0.25) is 0 Å². The number of H-pyrrole nitrogens is 1. The molecule has 37 heavy (non-hydrogen) atoms. The highest BCUT2D eigenvalue weighted by Crippen LogP contribution is 2.32. The van der Waals surface area contributed by atoms with E-state index < -0.39 is 5.60 Å². The van der Waals surface area contributed by atoms with Crippen molar-refractivity contribution in [3.05, 3.63) is 58.0 Å². The Hall–Kier alpha value is -3.33. The second-order valence-corrected chi connectivity index (χ2v) is 11.1. The SMILES string of the molecule is CCC1(Nc2cc[nH]c(=O)c2C(N)=Nc2ccc(C3CCCN3)cc2)CCN(C(=O)OC(C)(C)C)CC1. The summed E-state index contributed by atoms with van der Waals surface area (Å²) in [6.07, 6.45) is 5.92. The Morgan fingerprint density at radius 2 is 1.92 bits per heavy atom. The van der Waals surface area contributed by atoms with Crippen molar-refractivity contribution >= 4 is 23.3 Å². The number of nitrogens with two attached hydrogens (primary N) is 1. The van der Waals surface area contributed by atoms with E-state index in [1.165, 1.54) is 12.0 Å². The number of aromatic nitrogens is 1. The number of hydrogen-bond acceptors (Lipinski definition) is 6. The van der Waals surface area contributed by atoms with Gasteiger partial charge in [0.1, 0.15) is 17.0 Å². The van der Waals surface area contributed by atoms with Crippen molar-refractivity contribution in [2.75, 3.05) is 25.0 Å². The lowest BCUT2D eigenvalue weighted by atomic mass is 9.84. The summed E-state index contributed by atoms with van der Waals surface area (Å²) in [6.45, 7) is 9.90. The van der Waals surface area contributed by atoms with Crippen molar-refractivity contribution in [1.82, 2.24) is 15.2 Å². The molecular formula is C28H40N6O3. The van der Waals surface area contributed by atoms with E-state index in [1.54, 1.807) is 11.1 Å². The van der Waals surface area contributed by atoms with Crippen molar-refractivity contribution in [2.24, 2.45) is 10.7 Å². The van der Waals surface area contributed by atoms with Gasteiger partial charge < -0.3 is 31.0 Å². The van der Waals surface area contributed by atoms with E-state index >= 15 is 0 Å². The van der Waals surface area contributed by atoms with Crippen LogP contribution in [-0.4, -0.2) is 52.6 Å². The van der Waals surface area contributed by atoms with Gasteiger partial charge in [-0.15, -0.1) is 0 Å². The van der Waals surface area contributed by atoms with Gasteiger partial charge in [-0.05, 0) is 83.2 Å². The maximum atomic E-state index is 12.9. The molecule has 2 aromatic rings. The Balaban J connectivity index is 1.51. The van der Waals surface area contributed by atoms with E-state index in [0.717, 1.165) is 32.2 Å². The molecule has 1 aromatic carbocycles. The summed E-state index contributed by atoms with van der Waals surface area (Å²) in [7, 11) is 0. The Kier molecular flexibility index (Phi) is 7.92. The molecule has 0 saturated carbocycles. The molecule has 9 heteroatoms. The van der Waals surface area contributed by atoms with Gasteiger partial charge in [0, 0.05) is 30.9 Å². The van der Waals surface area contributed by atoms with Crippen molar-refractivity contribution < 1.29 is 9.53 Å². The average Bonchev–Trinajstić information content (AvgIpc) is 3.39. The molecule has 1 aromatic heterocycles. The van der Waals surface area contributed by atoms with Gasteiger partial charge in [0.25, 0.3) is 5.56 Å². The van der Waals surface area contributed by atoms with Crippen LogP contribution in [0.4, 0.5) is 16.2 Å².